The number of hydrogen-bond donors (Lipinski definition) is 1. The first-order valence-corrected chi connectivity index (χ1v) is 5.50. The van der Waals surface area contributed by atoms with E-state index in [0.29, 0.717) is 5.56 Å². The van der Waals surface area contributed by atoms with Gasteiger partial charge in [0.1, 0.15) is 17.8 Å². The maximum atomic E-state index is 13.9. The fourth-order valence-corrected chi connectivity index (χ4v) is 1.53. The van der Waals surface area contributed by atoms with Crippen molar-refractivity contribution in [2.24, 2.45) is 0 Å². The van der Waals surface area contributed by atoms with Crippen LogP contribution in [0.15, 0.2) is 24.5 Å². The van der Waals surface area contributed by atoms with Gasteiger partial charge in [0.05, 0.1) is 13.2 Å². The number of halogens is 1. The molecular weight excluding hydrogens is 253 g/mol. The zero-order valence-corrected chi connectivity index (χ0v) is 10.4. The van der Waals surface area contributed by atoms with E-state index >= 15 is 0 Å². The van der Waals surface area contributed by atoms with Crippen molar-refractivity contribution in [1.29, 1.82) is 0 Å². The first kappa shape index (κ1) is 13.2. The van der Waals surface area contributed by atoms with Crippen molar-refractivity contribution in [2.45, 2.75) is 13.0 Å². The molecule has 0 radical (unpaired) electrons. The SMILES string of the molecule is COC(=O)c1ncn(-c2ccc([C@@H](C)O)cc2F)n1. The van der Waals surface area contributed by atoms with Crippen LogP contribution < -0.4 is 0 Å². The summed E-state index contributed by atoms with van der Waals surface area (Å²) in [6.07, 6.45) is 0.456. The van der Waals surface area contributed by atoms with Crippen LogP contribution in [0.2, 0.25) is 0 Å². The van der Waals surface area contributed by atoms with E-state index < -0.39 is 17.9 Å². The number of aliphatic hydroxyl groups excluding tert-OH is 1. The highest BCUT2D eigenvalue weighted by atomic mass is 19.1. The third kappa shape index (κ3) is 2.60. The Morgan fingerprint density at radius 1 is 1.53 bits per heavy atom. The van der Waals surface area contributed by atoms with Crippen molar-refractivity contribution in [3.05, 3.63) is 41.7 Å². The van der Waals surface area contributed by atoms with Crippen molar-refractivity contribution < 1.29 is 19.0 Å². The summed E-state index contributed by atoms with van der Waals surface area (Å²) in [5.41, 5.74) is 0.585. The molecule has 1 aromatic carbocycles. The van der Waals surface area contributed by atoms with Crippen LogP contribution in [-0.4, -0.2) is 33.0 Å². The normalized spacial score (nSPS) is 12.2. The average molecular weight is 265 g/mol. The summed E-state index contributed by atoms with van der Waals surface area (Å²) in [5.74, 6) is -1.42. The molecule has 6 nitrogen and oxygen atoms in total. The number of carbonyl (C=O) groups excluding carboxylic acids is 1. The second-order valence-corrected chi connectivity index (χ2v) is 3.89. The number of ether oxygens (including phenoxy) is 1. The molecule has 1 atom stereocenters. The molecule has 0 amide bonds. The third-order valence-corrected chi connectivity index (χ3v) is 2.56. The minimum atomic E-state index is -0.759. The minimum Gasteiger partial charge on any atom is -0.463 e. The second-order valence-electron chi connectivity index (χ2n) is 3.89. The molecule has 0 aliphatic carbocycles. The van der Waals surface area contributed by atoms with Gasteiger partial charge in [-0.25, -0.2) is 18.9 Å². The smallest absolute Gasteiger partial charge is 0.377 e. The van der Waals surface area contributed by atoms with Gasteiger partial charge in [-0.15, -0.1) is 5.10 Å². The molecule has 0 saturated heterocycles. The molecule has 0 spiro atoms. The summed E-state index contributed by atoms with van der Waals surface area (Å²) in [4.78, 5) is 14.9. The first-order valence-electron chi connectivity index (χ1n) is 5.50. The van der Waals surface area contributed by atoms with Gasteiger partial charge in [-0.05, 0) is 24.6 Å². The van der Waals surface area contributed by atoms with E-state index in [0.717, 1.165) is 4.68 Å². The van der Waals surface area contributed by atoms with Crippen molar-refractivity contribution >= 4 is 5.97 Å². The van der Waals surface area contributed by atoms with Crippen LogP contribution in [-0.2, 0) is 4.74 Å². The summed E-state index contributed by atoms with van der Waals surface area (Å²) in [5, 5.41) is 13.2. The summed E-state index contributed by atoms with van der Waals surface area (Å²) in [6.45, 7) is 1.54. The maximum Gasteiger partial charge on any atom is 0.377 e. The van der Waals surface area contributed by atoms with E-state index in [9.17, 15) is 14.3 Å². The lowest BCUT2D eigenvalue weighted by atomic mass is 10.1. The lowest BCUT2D eigenvalue weighted by Gasteiger charge is -2.07. The van der Waals surface area contributed by atoms with Crippen molar-refractivity contribution in [3.63, 3.8) is 0 Å². The monoisotopic (exact) mass is 265 g/mol. The quantitative estimate of drug-likeness (QED) is 0.845. The number of rotatable bonds is 3. The van der Waals surface area contributed by atoms with Gasteiger partial charge in [-0.2, -0.15) is 0 Å². The van der Waals surface area contributed by atoms with Gasteiger partial charge in [0.25, 0.3) is 5.82 Å². The summed E-state index contributed by atoms with van der Waals surface area (Å²) in [6, 6.07) is 4.23. The van der Waals surface area contributed by atoms with Gasteiger partial charge in [0.15, 0.2) is 0 Å². The molecule has 0 aliphatic rings. The molecular formula is C12H12FN3O3. The number of aromatic nitrogens is 3. The molecule has 0 saturated carbocycles. The Balaban J connectivity index is 2.37. The third-order valence-electron chi connectivity index (χ3n) is 2.56. The predicted molar refractivity (Wildman–Crippen MR) is 63.3 cm³/mol. The summed E-state index contributed by atoms with van der Waals surface area (Å²) in [7, 11) is 1.21. The first-order chi connectivity index (χ1) is 9.02. The Labute approximate surface area is 108 Å². The van der Waals surface area contributed by atoms with Gasteiger partial charge in [-0.3, -0.25) is 0 Å². The van der Waals surface area contributed by atoms with E-state index in [1.54, 1.807) is 13.0 Å². The molecule has 100 valence electrons. The van der Waals surface area contributed by atoms with E-state index in [4.69, 9.17) is 0 Å². The molecule has 1 heterocycles. The number of esters is 1. The number of nitrogens with zero attached hydrogens (tertiary/aromatic N) is 3. The molecule has 0 aliphatic heterocycles. The highest BCUT2D eigenvalue weighted by molar-refractivity contribution is 5.84. The van der Waals surface area contributed by atoms with Gasteiger partial charge in [-0.1, -0.05) is 6.07 Å². The minimum absolute atomic E-state index is 0.132. The highest BCUT2D eigenvalue weighted by Gasteiger charge is 2.14. The van der Waals surface area contributed by atoms with E-state index in [2.05, 4.69) is 14.8 Å². The Morgan fingerprint density at radius 2 is 2.26 bits per heavy atom. The van der Waals surface area contributed by atoms with Crippen molar-refractivity contribution in [2.75, 3.05) is 7.11 Å². The van der Waals surface area contributed by atoms with Gasteiger partial charge in [0, 0.05) is 0 Å². The number of benzene rings is 1. The van der Waals surface area contributed by atoms with Gasteiger partial charge in [0.2, 0.25) is 0 Å². The van der Waals surface area contributed by atoms with Crippen LogP contribution in [0.1, 0.15) is 29.2 Å². The van der Waals surface area contributed by atoms with Crippen molar-refractivity contribution in [3.8, 4) is 5.69 Å². The van der Waals surface area contributed by atoms with Crippen LogP contribution in [0.25, 0.3) is 5.69 Å². The highest BCUT2D eigenvalue weighted by Crippen LogP contribution is 2.18. The molecule has 7 heteroatoms. The Kier molecular flexibility index (Phi) is 3.57. The topological polar surface area (TPSA) is 77.2 Å². The van der Waals surface area contributed by atoms with Gasteiger partial charge >= 0.3 is 5.97 Å². The molecule has 0 fully saturated rings. The number of methoxy groups -OCH3 is 1. The zero-order valence-electron chi connectivity index (χ0n) is 10.4. The Morgan fingerprint density at radius 3 is 2.84 bits per heavy atom. The van der Waals surface area contributed by atoms with E-state index in [-0.39, 0.29) is 11.5 Å². The zero-order chi connectivity index (χ0) is 14.0. The Bertz CT molecular complexity index is 610. The van der Waals surface area contributed by atoms with Crippen LogP contribution in [0.4, 0.5) is 4.39 Å². The number of hydrogen-bond acceptors (Lipinski definition) is 5. The molecule has 19 heavy (non-hydrogen) atoms. The number of aliphatic hydroxyl groups is 1. The van der Waals surface area contributed by atoms with Crippen LogP contribution >= 0.6 is 0 Å². The van der Waals surface area contributed by atoms with E-state index in [1.165, 1.54) is 25.6 Å². The largest absolute Gasteiger partial charge is 0.463 e. The molecule has 1 N–H and O–H groups in total. The van der Waals surface area contributed by atoms with Crippen LogP contribution in [0.5, 0.6) is 0 Å². The van der Waals surface area contributed by atoms with E-state index in [1.807, 2.05) is 0 Å². The predicted octanol–water partition coefficient (Wildman–Crippen LogP) is 1.25. The molecule has 1 aromatic heterocycles. The Hall–Kier alpha value is -2.28. The van der Waals surface area contributed by atoms with Crippen molar-refractivity contribution in [1.82, 2.24) is 14.8 Å². The number of carbonyl (C=O) groups is 1. The molecule has 0 bridgehead atoms. The molecule has 0 unspecified atom stereocenters. The van der Waals surface area contributed by atoms with Crippen LogP contribution in [0, 0.1) is 5.82 Å². The molecule has 2 rings (SSSR count). The average Bonchev–Trinajstić information content (AvgIpc) is 2.87. The lowest BCUT2D eigenvalue weighted by Crippen LogP contribution is -2.06. The van der Waals surface area contributed by atoms with Gasteiger partial charge < -0.3 is 9.84 Å². The standard InChI is InChI=1S/C12H12FN3O3/c1-7(17)8-3-4-10(9(13)5-8)16-6-14-11(15-16)12(18)19-2/h3-7,17H,1-2H3/t7-/m1/s1. The molecule has 2 aromatic rings. The second kappa shape index (κ2) is 5.15. The lowest BCUT2D eigenvalue weighted by molar-refractivity contribution is 0.0587. The van der Waals surface area contributed by atoms with Crippen LogP contribution in [0.3, 0.4) is 0 Å². The summed E-state index contributed by atoms with van der Waals surface area (Å²) < 4.78 is 19.5. The maximum absolute atomic E-state index is 13.9. The fraction of sp³-hybridized carbons (Fsp3) is 0.250. The fourth-order valence-electron chi connectivity index (χ4n) is 1.53. The summed E-state index contributed by atoms with van der Waals surface area (Å²) >= 11 is 0.